The van der Waals surface area contributed by atoms with Crippen molar-refractivity contribution < 1.29 is 4.79 Å². The molecular weight excluding hydrogens is 272 g/mol. The molecule has 0 aliphatic heterocycles. The van der Waals surface area contributed by atoms with Crippen molar-refractivity contribution in [1.29, 1.82) is 0 Å². The van der Waals surface area contributed by atoms with Gasteiger partial charge in [0.25, 0.3) is 0 Å². The molecule has 0 saturated heterocycles. The van der Waals surface area contributed by atoms with Crippen molar-refractivity contribution in [2.45, 2.75) is 51.1 Å². The Morgan fingerprint density at radius 1 is 1.35 bits per heavy atom. The summed E-state index contributed by atoms with van der Waals surface area (Å²) in [7, 11) is 0. The molecule has 0 spiro atoms. The maximum Gasteiger partial charge on any atom is 0.315 e. The van der Waals surface area contributed by atoms with Gasteiger partial charge in [0.2, 0.25) is 0 Å². The Labute approximate surface area is 122 Å². The quantitative estimate of drug-likeness (QED) is 0.838. The SMILES string of the molecule is C[C@@H]1CC=CC[C@H]1NC(=O)NCc1nnc(C2CC2)s1. The fraction of sp³-hybridized carbons (Fsp3) is 0.643. The lowest BCUT2D eigenvalue weighted by molar-refractivity contribution is 0.231. The molecule has 0 bridgehead atoms. The first-order valence-electron chi connectivity index (χ1n) is 7.24. The Morgan fingerprint density at radius 3 is 2.90 bits per heavy atom. The molecule has 20 heavy (non-hydrogen) atoms. The van der Waals surface area contributed by atoms with Crippen molar-refractivity contribution in [2.24, 2.45) is 5.92 Å². The number of hydrogen-bond acceptors (Lipinski definition) is 4. The lowest BCUT2D eigenvalue weighted by Crippen LogP contribution is -2.45. The highest BCUT2D eigenvalue weighted by molar-refractivity contribution is 7.11. The third kappa shape index (κ3) is 3.36. The predicted octanol–water partition coefficient (Wildman–Crippen LogP) is 2.57. The maximum absolute atomic E-state index is 11.9. The van der Waals surface area contributed by atoms with Gasteiger partial charge < -0.3 is 10.6 Å². The van der Waals surface area contributed by atoms with Crippen LogP contribution in [0.15, 0.2) is 12.2 Å². The van der Waals surface area contributed by atoms with Crippen LogP contribution in [0.25, 0.3) is 0 Å². The van der Waals surface area contributed by atoms with Crippen LogP contribution in [-0.2, 0) is 6.54 Å². The number of carbonyl (C=O) groups excluding carboxylic acids is 1. The minimum absolute atomic E-state index is 0.111. The summed E-state index contributed by atoms with van der Waals surface area (Å²) in [6, 6.07) is 0.122. The molecule has 2 aliphatic carbocycles. The molecule has 0 aromatic carbocycles. The number of nitrogens with zero attached hydrogens (tertiary/aromatic N) is 2. The van der Waals surface area contributed by atoms with E-state index >= 15 is 0 Å². The van der Waals surface area contributed by atoms with Crippen LogP contribution in [0, 0.1) is 5.92 Å². The molecule has 2 atom stereocenters. The second kappa shape index (κ2) is 5.91. The van der Waals surface area contributed by atoms with E-state index in [0.717, 1.165) is 22.9 Å². The van der Waals surface area contributed by atoms with Crippen molar-refractivity contribution in [1.82, 2.24) is 20.8 Å². The fourth-order valence-corrected chi connectivity index (χ4v) is 3.31. The minimum Gasteiger partial charge on any atom is -0.335 e. The molecule has 2 aliphatic rings. The molecular formula is C14H20N4OS. The maximum atomic E-state index is 11.9. The van der Waals surface area contributed by atoms with Crippen molar-refractivity contribution in [3.05, 3.63) is 22.2 Å². The topological polar surface area (TPSA) is 66.9 Å². The highest BCUT2D eigenvalue weighted by Gasteiger charge is 2.27. The van der Waals surface area contributed by atoms with Crippen LogP contribution in [0.2, 0.25) is 0 Å². The smallest absolute Gasteiger partial charge is 0.315 e. The number of hydrogen-bond donors (Lipinski definition) is 2. The average molecular weight is 292 g/mol. The number of urea groups is 1. The van der Waals surface area contributed by atoms with E-state index in [4.69, 9.17) is 0 Å². The van der Waals surface area contributed by atoms with Gasteiger partial charge in [0.15, 0.2) is 0 Å². The zero-order valence-electron chi connectivity index (χ0n) is 11.6. The summed E-state index contributed by atoms with van der Waals surface area (Å²) < 4.78 is 0. The molecule has 0 radical (unpaired) electrons. The minimum atomic E-state index is -0.111. The van der Waals surface area contributed by atoms with Gasteiger partial charge in [0, 0.05) is 12.0 Å². The Bertz CT molecular complexity index is 509. The Kier molecular flexibility index (Phi) is 4.00. The highest BCUT2D eigenvalue weighted by atomic mass is 32.1. The summed E-state index contributed by atoms with van der Waals surface area (Å²) in [5, 5.41) is 16.2. The Hall–Kier alpha value is -1.43. The zero-order chi connectivity index (χ0) is 13.9. The number of aromatic nitrogens is 2. The first-order chi connectivity index (χ1) is 9.72. The van der Waals surface area contributed by atoms with Crippen LogP contribution >= 0.6 is 11.3 Å². The lowest BCUT2D eigenvalue weighted by atomic mass is 9.91. The first kappa shape index (κ1) is 13.5. The van der Waals surface area contributed by atoms with Crippen LogP contribution in [0.4, 0.5) is 4.79 Å². The van der Waals surface area contributed by atoms with Gasteiger partial charge in [-0.1, -0.05) is 30.4 Å². The standard InChI is InChI=1S/C14H20N4OS/c1-9-4-2-3-5-11(9)16-14(19)15-8-12-17-18-13(20-12)10-6-7-10/h2-3,9-11H,4-8H2,1H3,(H2,15,16,19)/t9-,11-/m1/s1. The summed E-state index contributed by atoms with van der Waals surface area (Å²) >= 11 is 1.62. The molecule has 6 heteroatoms. The molecule has 5 nitrogen and oxygen atoms in total. The van der Waals surface area contributed by atoms with E-state index in [9.17, 15) is 4.79 Å². The van der Waals surface area contributed by atoms with Gasteiger partial charge in [0.05, 0.1) is 6.54 Å². The molecule has 1 aromatic heterocycles. The van der Waals surface area contributed by atoms with Gasteiger partial charge in [0.1, 0.15) is 10.0 Å². The Balaban J connectivity index is 1.45. The van der Waals surface area contributed by atoms with Crippen LogP contribution in [0.1, 0.15) is 48.5 Å². The molecule has 2 amide bonds. The number of rotatable bonds is 4. The molecule has 3 rings (SSSR count). The number of nitrogens with one attached hydrogen (secondary N) is 2. The predicted molar refractivity (Wildman–Crippen MR) is 78.6 cm³/mol. The number of amides is 2. The molecule has 1 fully saturated rings. The summed E-state index contributed by atoms with van der Waals surface area (Å²) in [4.78, 5) is 11.9. The number of carbonyl (C=O) groups is 1. The molecule has 0 unspecified atom stereocenters. The van der Waals surface area contributed by atoms with E-state index in [2.05, 4.69) is 39.9 Å². The van der Waals surface area contributed by atoms with E-state index in [1.54, 1.807) is 11.3 Å². The van der Waals surface area contributed by atoms with Gasteiger partial charge >= 0.3 is 6.03 Å². The van der Waals surface area contributed by atoms with Crippen LogP contribution in [-0.4, -0.2) is 22.3 Å². The lowest BCUT2D eigenvalue weighted by Gasteiger charge is -2.26. The van der Waals surface area contributed by atoms with E-state index < -0.39 is 0 Å². The summed E-state index contributed by atoms with van der Waals surface area (Å²) in [5.74, 6) is 1.12. The normalized spacial score (nSPS) is 25.4. The second-order valence-electron chi connectivity index (χ2n) is 5.66. The average Bonchev–Trinajstić information content (AvgIpc) is 3.18. The van der Waals surface area contributed by atoms with E-state index in [1.807, 2.05) is 0 Å². The van der Waals surface area contributed by atoms with Crippen molar-refractivity contribution >= 4 is 17.4 Å². The van der Waals surface area contributed by atoms with Crippen molar-refractivity contribution in [2.75, 3.05) is 0 Å². The van der Waals surface area contributed by atoms with Gasteiger partial charge in [-0.05, 0) is 31.6 Å². The molecule has 1 aromatic rings. The van der Waals surface area contributed by atoms with Crippen LogP contribution in [0.5, 0.6) is 0 Å². The monoisotopic (exact) mass is 292 g/mol. The molecule has 1 saturated carbocycles. The van der Waals surface area contributed by atoms with Gasteiger partial charge in [-0.3, -0.25) is 0 Å². The Morgan fingerprint density at radius 2 is 2.15 bits per heavy atom. The van der Waals surface area contributed by atoms with E-state index in [0.29, 0.717) is 18.4 Å². The molecule has 2 N–H and O–H groups in total. The highest BCUT2D eigenvalue weighted by Crippen LogP contribution is 2.41. The van der Waals surface area contributed by atoms with Crippen LogP contribution in [0.3, 0.4) is 0 Å². The zero-order valence-corrected chi connectivity index (χ0v) is 12.4. The third-order valence-electron chi connectivity index (χ3n) is 3.88. The van der Waals surface area contributed by atoms with E-state index in [1.165, 1.54) is 12.8 Å². The molecule has 108 valence electrons. The summed E-state index contributed by atoms with van der Waals surface area (Å²) in [6.45, 7) is 2.63. The molecule has 1 heterocycles. The summed E-state index contributed by atoms with van der Waals surface area (Å²) in [5.41, 5.74) is 0. The van der Waals surface area contributed by atoms with E-state index in [-0.39, 0.29) is 12.1 Å². The third-order valence-corrected chi connectivity index (χ3v) is 4.96. The largest absolute Gasteiger partial charge is 0.335 e. The van der Waals surface area contributed by atoms with Crippen molar-refractivity contribution in [3.63, 3.8) is 0 Å². The summed E-state index contributed by atoms with van der Waals surface area (Å²) in [6.07, 6.45) is 8.73. The van der Waals surface area contributed by atoms with Crippen molar-refractivity contribution in [3.8, 4) is 0 Å². The van der Waals surface area contributed by atoms with Gasteiger partial charge in [-0.25, -0.2) is 4.79 Å². The first-order valence-corrected chi connectivity index (χ1v) is 8.05. The fourth-order valence-electron chi connectivity index (χ4n) is 2.36. The second-order valence-corrected chi connectivity index (χ2v) is 6.76. The number of allylic oxidation sites excluding steroid dienone is 1. The van der Waals surface area contributed by atoms with Gasteiger partial charge in [-0.2, -0.15) is 0 Å². The van der Waals surface area contributed by atoms with Gasteiger partial charge in [-0.15, -0.1) is 10.2 Å². The van der Waals surface area contributed by atoms with Crippen LogP contribution < -0.4 is 10.6 Å².